The van der Waals surface area contributed by atoms with Gasteiger partial charge in [-0.3, -0.25) is 14.9 Å². The molecular formula is C13H10F3N3O2S. The van der Waals surface area contributed by atoms with Crippen molar-refractivity contribution in [1.82, 2.24) is 4.98 Å². The van der Waals surface area contributed by atoms with Crippen LogP contribution in [0.5, 0.6) is 0 Å². The minimum atomic E-state index is -4.63. The minimum absolute atomic E-state index is 0.196. The van der Waals surface area contributed by atoms with Gasteiger partial charge in [0.15, 0.2) is 5.13 Å². The predicted octanol–water partition coefficient (Wildman–Crippen LogP) is 3.05. The average molecular weight is 329 g/mol. The smallest absolute Gasteiger partial charge is 0.317 e. The van der Waals surface area contributed by atoms with Crippen LogP contribution < -0.4 is 10.6 Å². The summed E-state index contributed by atoms with van der Waals surface area (Å²) in [5.74, 6) is -2.30. The van der Waals surface area contributed by atoms with Crippen LogP contribution in [-0.4, -0.2) is 16.8 Å². The zero-order chi connectivity index (χ0) is 16.3. The molecule has 2 N–H and O–H groups in total. The molecule has 0 unspecified atom stereocenters. The fraction of sp³-hybridized carbons (Fsp3) is 0.154. The van der Waals surface area contributed by atoms with Gasteiger partial charge in [-0.25, -0.2) is 4.98 Å². The van der Waals surface area contributed by atoms with Crippen molar-refractivity contribution in [3.05, 3.63) is 40.9 Å². The summed E-state index contributed by atoms with van der Waals surface area (Å²) in [6, 6.07) is 4.41. The number of halogens is 3. The van der Waals surface area contributed by atoms with Crippen molar-refractivity contribution >= 4 is 34.0 Å². The number of thiazole rings is 1. The molecule has 9 heteroatoms. The molecule has 116 valence electrons. The molecule has 0 aliphatic heterocycles. The summed E-state index contributed by atoms with van der Waals surface area (Å²) in [4.78, 5) is 27.3. The highest BCUT2D eigenvalue weighted by atomic mass is 32.1. The molecular weight excluding hydrogens is 319 g/mol. The molecule has 2 amide bonds. The normalized spacial score (nSPS) is 11.1. The number of carbonyl (C=O) groups excluding carboxylic acids is 2. The van der Waals surface area contributed by atoms with E-state index in [0.717, 1.165) is 23.5 Å². The van der Waals surface area contributed by atoms with Crippen molar-refractivity contribution in [2.45, 2.75) is 13.1 Å². The van der Waals surface area contributed by atoms with E-state index < -0.39 is 29.2 Å². The summed E-state index contributed by atoms with van der Waals surface area (Å²) in [5.41, 5.74) is -0.852. The van der Waals surface area contributed by atoms with Crippen LogP contribution in [0.4, 0.5) is 24.0 Å². The molecule has 0 bridgehead atoms. The highest BCUT2D eigenvalue weighted by Crippen LogP contribution is 2.34. The van der Waals surface area contributed by atoms with Crippen LogP contribution in [0.15, 0.2) is 29.6 Å². The third-order valence-electron chi connectivity index (χ3n) is 2.53. The Kier molecular flexibility index (Phi) is 4.45. The molecule has 5 nitrogen and oxygen atoms in total. The van der Waals surface area contributed by atoms with E-state index in [1.54, 1.807) is 12.3 Å². The Morgan fingerprint density at radius 2 is 1.77 bits per heavy atom. The van der Waals surface area contributed by atoms with Gasteiger partial charge in [0.25, 0.3) is 0 Å². The van der Waals surface area contributed by atoms with Gasteiger partial charge in [0.2, 0.25) is 0 Å². The molecule has 2 aromatic rings. The Balaban J connectivity index is 2.10. The van der Waals surface area contributed by atoms with Gasteiger partial charge in [0.1, 0.15) is 0 Å². The Morgan fingerprint density at radius 1 is 1.14 bits per heavy atom. The number of nitrogens with one attached hydrogen (secondary N) is 2. The number of nitrogens with zero attached hydrogens (tertiary/aromatic N) is 1. The minimum Gasteiger partial charge on any atom is -0.317 e. The number of para-hydroxylation sites is 1. The van der Waals surface area contributed by atoms with Gasteiger partial charge in [-0.1, -0.05) is 12.1 Å². The van der Waals surface area contributed by atoms with Crippen molar-refractivity contribution in [3.63, 3.8) is 0 Å². The second kappa shape index (κ2) is 6.14. The van der Waals surface area contributed by atoms with Gasteiger partial charge < -0.3 is 5.32 Å². The van der Waals surface area contributed by atoms with Gasteiger partial charge >= 0.3 is 18.0 Å². The Labute approximate surface area is 127 Å². The number of rotatable bonds is 2. The van der Waals surface area contributed by atoms with Crippen molar-refractivity contribution < 1.29 is 22.8 Å². The third kappa shape index (κ3) is 3.82. The highest BCUT2D eigenvalue weighted by molar-refractivity contribution is 7.14. The average Bonchev–Trinajstić information content (AvgIpc) is 2.83. The van der Waals surface area contributed by atoms with E-state index in [-0.39, 0.29) is 5.13 Å². The van der Waals surface area contributed by atoms with Crippen LogP contribution >= 0.6 is 11.3 Å². The second-order valence-corrected chi connectivity index (χ2v) is 5.10. The first-order valence-electron chi connectivity index (χ1n) is 5.98. The summed E-state index contributed by atoms with van der Waals surface area (Å²) >= 11 is 1.11. The summed E-state index contributed by atoms with van der Waals surface area (Å²) in [6.07, 6.45) is -4.63. The van der Waals surface area contributed by atoms with E-state index in [1.807, 2.05) is 5.32 Å². The maximum atomic E-state index is 12.8. The van der Waals surface area contributed by atoms with E-state index in [9.17, 15) is 22.8 Å². The lowest BCUT2D eigenvalue weighted by molar-refractivity contribution is -0.137. The van der Waals surface area contributed by atoms with Crippen LogP contribution in [0.25, 0.3) is 0 Å². The number of anilines is 2. The largest absolute Gasteiger partial charge is 0.418 e. The van der Waals surface area contributed by atoms with Crippen molar-refractivity contribution in [2.24, 2.45) is 0 Å². The number of hydrogen-bond acceptors (Lipinski definition) is 4. The van der Waals surface area contributed by atoms with E-state index in [0.29, 0.717) is 5.69 Å². The van der Waals surface area contributed by atoms with Gasteiger partial charge in [-0.15, -0.1) is 11.3 Å². The zero-order valence-electron chi connectivity index (χ0n) is 11.2. The molecule has 0 saturated carbocycles. The van der Waals surface area contributed by atoms with Crippen LogP contribution in [0, 0.1) is 6.92 Å². The Hall–Kier alpha value is -2.42. The zero-order valence-corrected chi connectivity index (χ0v) is 12.0. The topological polar surface area (TPSA) is 71.1 Å². The fourth-order valence-corrected chi connectivity index (χ4v) is 2.27. The lowest BCUT2D eigenvalue weighted by Crippen LogP contribution is -2.30. The summed E-state index contributed by atoms with van der Waals surface area (Å²) in [5, 5.41) is 6.02. The number of amides is 2. The molecule has 0 saturated heterocycles. The molecule has 1 heterocycles. The number of hydrogen-bond donors (Lipinski definition) is 2. The molecule has 0 aliphatic rings. The lowest BCUT2D eigenvalue weighted by atomic mass is 10.1. The van der Waals surface area contributed by atoms with E-state index in [1.165, 1.54) is 12.1 Å². The fourth-order valence-electron chi connectivity index (χ4n) is 1.58. The maximum Gasteiger partial charge on any atom is 0.418 e. The molecule has 0 aliphatic carbocycles. The van der Waals surface area contributed by atoms with Gasteiger partial charge in [-0.2, -0.15) is 13.2 Å². The van der Waals surface area contributed by atoms with Crippen LogP contribution in [0.1, 0.15) is 11.3 Å². The van der Waals surface area contributed by atoms with Gasteiger partial charge in [-0.05, 0) is 19.1 Å². The third-order valence-corrected chi connectivity index (χ3v) is 3.40. The summed E-state index contributed by atoms with van der Waals surface area (Å²) in [7, 11) is 0. The summed E-state index contributed by atoms with van der Waals surface area (Å²) in [6.45, 7) is 1.70. The Bertz CT molecular complexity index is 713. The molecule has 22 heavy (non-hydrogen) atoms. The van der Waals surface area contributed by atoms with Crippen LogP contribution in [-0.2, 0) is 15.8 Å². The van der Waals surface area contributed by atoms with Gasteiger partial charge in [0, 0.05) is 5.38 Å². The van der Waals surface area contributed by atoms with E-state index in [2.05, 4.69) is 10.3 Å². The van der Waals surface area contributed by atoms with Crippen LogP contribution in [0.2, 0.25) is 0 Å². The second-order valence-electron chi connectivity index (χ2n) is 4.25. The number of alkyl halides is 3. The number of aryl methyl sites for hydroxylation is 1. The van der Waals surface area contributed by atoms with Crippen molar-refractivity contribution in [2.75, 3.05) is 10.6 Å². The Morgan fingerprint density at radius 3 is 2.36 bits per heavy atom. The highest BCUT2D eigenvalue weighted by Gasteiger charge is 2.34. The van der Waals surface area contributed by atoms with Crippen molar-refractivity contribution in [3.8, 4) is 0 Å². The number of aromatic nitrogens is 1. The maximum absolute atomic E-state index is 12.8. The lowest BCUT2D eigenvalue weighted by Gasteiger charge is -2.13. The first-order chi connectivity index (χ1) is 10.3. The van der Waals surface area contributed by atoms with Gasteiger partial charge in [0.05, 0.1) is 16.9 Å². The molecule has 0 atom stereocenters. The summed E-state index contributed by atoms with van der Waals surface area (Å²) < 4.78 is 38.4. The van der Waals surface area contributed by atoms with Crippen molar-refractivity contribution in [1.29, 1.82) is 0 Å². The SMILES string of the molecule is Cc1csc(NC(=O)C(=O)Nc2ccccc2C(F)(F)F)n1. The monoisotopic (exact) mass is 329 g/mol. The number of carbonyl (C=O) groups is 2. The standard InChI is InChI=1S/C13H10F3N3O2S/c1-7-6-22-12(17-7)19-11(21)10(20)18-9-5-3-2-4-8(9)13(14,15)16/h2-6H,1H3,(H,18,20)(H,17,19,21). The molecule has 0 radical (unpaired) electrons. The molecule has 0 fully saturated rings. The molecule has 2 rings (SSSR count). The molecule has 1 aromatic carbocycles. The number of benzene rings is 1. The molecule has 0 spiro atoms. The molecule has 1 aromatic heterocycles. The van der Waals surface area contributed by atoms with Crippen LogP contribution in [0.3, 0.4) is 0 Å². The quantitative estimate of drug-likeness (QED) is 0.832. The first-order valence-corrected chi connectivity index (χ1v) is 6.86. The van der Waals surface area contributed by atoms with E-state index in [4.69, 9.17) is 0 Å². The van der Waals surface area contributed by atoms with E-state index >= 15 is 0 Å². The predicted molar refractivity (Wildman–Crippen MR) is 75.6 cm³/mol. The first kappa shape index (κ1) is 16.0.